The van der Waals surface area contributed by atoms with Crippen LogP contribution in [0.1, 0.15) is 21.5 Å². The third kappa shape index (κ3) is 4.93. The lowest BCUT2D eigenvalue weighted by molar-refractivity contribution is 0.102. The molecule has 0 aliphatic carbocycles. The van der Waals surface area contributed by atoms with Gasteiger partial charge in [0.15, 0.2) is 4.34 Å². The van der Waals surface area contributed by atoms with Gasteiger partial charge < -0.3 is 5.32 Å². The highest BCUT2D eigenvalue weighted by Gasteiger charge is 2.10. The fraction of sp³-hybridized carbons (Fsp3) is 0.0909. The maximum absolute atomic E-state index is 12.4. The monoisotopic (exact) mass is 458 g/mol. The van der Waals surface area contributed by atoms with Crippen LogP contribution in [0.2, 0.25) is 10.0 Å². The van der Waals surface area contributed by atoms with Gasteiger partial charge in [-0.1, -0.05) is 58.7 Å². The molecular weight excluding hydrogens is 443 g/mol. The molecule has 0 saturated heterocycles. The normalized spacial score (nSPS) is 11.0. The summed E-state index contributed by atoms with van der Waals surface area (Å²) in [6.07, 6.45) is 0. The second-order valence-electron chi connectivity index (χ2n) is 6.51. The van der Waals surface area contributed by atoms with Crippen molar-refractivity contribution in [3.05, 3.63) is 87.4 Å². The van der Waals surface area contributed by atoms with Gasteiger partial charge in [0, 0.05) is 27.0 Å². The lowest BCUT2D eigenvalue weighted by Crippen LogP contribution is -2.11. The van der Waals surface area contributed by atoms with E-state index in [4.69, 9.17) is 23.2 Å². The van der Waals surface area contributed by atoms with Crippen molar-refractivity contribution in [3.63, 3.8) is 0 Å². The zero-order chi connectivity index (χ0) is 20.4. The standard InChI is InChI=1S/C22H16Cl2N2OS2/c1-13-2-4-14(5-3-13)21(27)25-17-8-9-19-20(11-17)29-22(26-19)28-12-15-6-7-16(23)10-18(15)24/h2-11H,12H2,1H3,(H,25,27). The van der Waals surface area contributed by atoms with Gasteiger partial charge in [-0.25, -0.2) is 4.98 Å². The number of rotatable bonds is 5. The molecule has 29 heavy (non-hydrogen) atoms. The number of benzene rings is 3. The number of fused-ring (bicyclic) bond motifs is 1. The first-order valence-electron chi connectivity index (χ1n) is 8.83. The van der Waals surface area contributed by atoms with E-state index in [1.54, 1.807) is 29.2 Å². The Morgan fingerprint density at radius 2 is 1.86 bits per heavy atom. The smallest absolute Gasteiger partial charge is 0.255 e. The minimum absolute atomic E-state index is 0.124. The summed E-state index contributed by atoms with van der Waals surface area (Å²) in [5, 5.41) is 4.24. The largest absolute Gasteiger partial charge is 0.322 e. The summed E-state index contributed by atoms with van der Waals surface area (Å²) in [5.74, 6) is 0.591. The zero-order valence-corrected chi connectivity index (χ0v) is 18.6. The van der Waals surface area contributed by atoms with Gasteiger partial charge in [-0.3, -0.25) is 4.79 Å². The predicted molar refractivity (Wildman–Crippen MR) is 125 cm³/mol. The van der Waals surface area contributed by atoms with Crippen LogP contribution in [0.3, 0.4) is 0 Å². The molecule has 1 N–H and O–H groups in total. The van der Waals surface area contributed by atoms with E-state index in [9.17, 15) is 4.79 Å². The SMILES string of the molecule is Cc1ccc(C(=O)Nc2ccc3nc(SCc4ccc(Cl)cc4Cl)sc3c2)cc1. The Hall–Kier alpha value is -2.05. The molecule has 0 aliphatic rings. The van der Waals surface area contributed by atoms with Crippen molar-refractivity contribution in [2.24, 2.45) is 0 Å². The molecule has 4 rings (SSSR count). The molecule has 0 unspecified atom stereocenters. The Morgan fingerprint density at radius 3 is 2.62 bits per heavy atom. The fourth-order valence-electron chi connectivity index (χ4n) is 2.73. The number of amides is 1. The van der Waals surface area contributed by atoms with Gasteiger partial charge in [0.2, 0.25) is 0 Å². The van der Waals surface area contributed by atoms with Crippen molar-refractivity contribution in [2.75, 3.05) is 5.32 Å². The van der Waals surface area contributed by atoms with Crippen LogP contribution in [0.25, 0.3) is 10.2 Å². The number of thiazole rings is 1. The highest BCUT2D eigenvalue weighted by atomic mass is 35.5. The van der Waals surface area contributed by atoms with E-state index >= 15 is 0 Å². The Bertz CT molecular complexity index is 1190. The molecule has 0 radical (unpaired) electrons. The van der Waals surface area contributed by atoms with Gasteiger partial charge in [-0.2, -0.15) is 0 Å². The summed E-state index contributed by atoms with van der Waals surface area (Å²) >= 11 is 15.4. The van der Waals surface area contributed by atoms with Gasteiger partial charge in [0.25, 0.3) is 5.91 Å². The van der Waals surface area contributed by atoms with Crippen LogP contribution >= 0.6 is 46.3 Å². The Labute approximate surface area is 187 Å². The summed E-state index contributed by atoms with van der Waals surface area (Å²) < 4.78 is 1.98. The number of anilines is 1. The number of halogens is 2. The molecule has 0 atom stereocenters. The molecule has 0 fully saturated rings. The third-order valence-electron chi connectivity index (χ3n) is 4.31. The molecule has 4 aromatic rings. The summed E-state index contributed by atoms with van der Waals surface area (Å²) in [6, 6.07) is 18.8. The first-order chi connectivity index (χ1) is 14.0. The second kappa shape index (κ2) is 8.76. The van der Waals surface area contributed by atoms with E-state index < -0.39 is 0 Å². The van der Waals surface area contributed by atoms with Crippen LogP contribution in [-0.2, 0) is 5.75 Å². The van der Waals surface area contributed by atoms with E-state index in [1.165, 1.54) is 0 Å². The number of nitrogens with one attached hydrogen (secondary N) is 1. The van der Waals surface area contributed by atoms with Crippen molar-refractivity contribution in [1.82, 2.24) is 4.98 Å². The molecule has 146 valence electrons. The van der Waals surface area contributed by atoms with Crippen LogP contribution < -0.4 is 5.32 Å². The van der Waals surface area contributed by atoms with Gasteiger partial charge in [0.1, 0.15) is 0 Å². The molecule has 7 heteroatoms. The minimum Gasteiger partial charge on any atom is -0.322 e. The molecule has 1 amide bonds. The van der Waals surface area contributed by atoms with Crippen molar-refractivity contribution < 1.29 is 4.79 Å². The summed E-state index contributed by atoms with van der Waals surface area (Å²) in [5.41, 5.74) is 4.44. The van der Waals surface area contributed by atoms with Crippen LogP contribution in [0.4, 0.5) is 5.69 Å². The number of aryl methyl sites for hydroxylation is 1. The second-order valence-corrected chi connectivity index (χ2v) is 9.60. The number of thioether (sulfide) groups is 1. The predicted octanol–water partition coefficient (Wildman–Crippen LogP) is 7.46. The molecule has 0 bridgehead atoms. The van der Waals surface area contributed by atoms with Crippen molar-refractivity contribution in [2.45, 2.75) is 17.0 Å². The Kier molecular flexibility index (Phi) is 6.11. The number of hydrogen-bond donors (Lipinski definition) is 1. The molecule has 0 saturated carbocycles. The molecule has 3 aromatic carbocycles. The zero-order valence-electron chi connectivity index (χ0n) is 15.4. The van der Waals surface area contributed by atoms with Gasteiger partial charge in [-0.05, 0) is 55.0 Å². The van der Waals surface area contributed by atoms with E-state index in [1.807, 2.05) is 61.5 Å². The van der Waals surface area contributed by atoms with E-state index in [2.05, 4.69) is 10.3 Å². The maximum atomic E-state index is 12.4. The van der Waals surface area contributed by atoms with Gasteiger partial charge in [-0.15, -0.1) is 11.3 Å². The first kappa shape index (κ1) is 20.2. The summed E-state index contributed by atoms with van der Waals surface area (Å²) in [4.78, 5) is 17.1. The Balaban J connectivity index is 1.47. The molecular formula is C22H16Cl2N2OS2. The van der Waals surface area contributed by atoms with E-state index in [-0.39, 0.29) is 5.91 Å². The Morgan fingerprint density at radius 1 is 1.07 bits per heavy atom. The molecule has 1 aromatic heterocycles. The lowest BCUT2D eigenvalue weighted by Gasteiger charge is -2.05. The van der Waals surface area contributed by atoms with Crippen molar-refractivity contribution in [3.8, 4) is 0 Å². The van der Waals surface area contributed by atoms with Crippen LogP contribution in [-0.4, -0.2) is 10.9 Å². The third-order valence-corrected chi connectivity index (χ3v) is 7.10. The number of hydrogen-bond acceptors (Lipinski definition) is 4. The number of carbonyl (C=O) groups excluding carboxylic acids is 1. The van der Waals surface area contributed by atoms with Crippen LogP contribution in [0.5, 0.6) is 0 Å². The van der Waals surface area contributed by atoms with Crippen LogP contribution in [0, 0.1) is 6.92 Å². The number of aromatic nitrogens is 1. The van der Waals surface area contributed by atoms with Crippen LogP contribution in [0.15, 0.2) is 65.0 Å². The summed E-state index contributed by atoms with van der Waals surface area (Å²) in [7, 11) is 0. The van der Waals surface area contributed by atoms with Crippen molar-refractivity contribution in [1.29, 1.82) is 0 Å². The average molecular weight is 459 g/mol. The van der Waals surface area contributed by atoms with Gasteiger partial charge >= 0.3 is 0 Å². The van der Waals surface area contributed by atoms with E-state index in [0.29, 0.717) is 21.4 Å². The first-order valence-corrected chi connectivity index (χ1v) is 11.4. The highest BCUT2D eigenvalue weighted by molar-refractivity contribution is 8.00. The quantitative estimate of drug-likeness (QED) is 0.315. The highest BCUT2D eigenvalue weighted by Crippen LogP contribution is 2.34. The number of nitrogens with zero attached hydrogens (tertiary/aromatic N) is 1. The molecule has 0 aliphatic heterocycles. The molecule has 3 nitrogen and oxygen atoms in total. The minimum atomic E-state index is -0.124. The lowest BCUT2D eigenvalue weighted by atomic mass is 10.1. The summed E-state index contributed by atoms with van der Waals surface area (Å²) in [6.45, 7) is 2.00. The van der Waals surface area contributed by atoms with Crippen molar-refractivity contribution >= 4 is 68.1 Å². The number of carbonyl (C=O) groups is 1. The topological polar surface area (TPSA) is 42.0 Å². The molecule has 1 heterocycles. The van der Waals surface area contributed by atoms with Gasteiger partial charge in [0.05, 0.1) is 10.2 Å². The van der Waals surface area contributed by atoms with E-state index in [0.717, 1.165) is 31.4 Å². The average Bonchev–Trinajstić information content (AvgIpc) is 3.10. The molecule has 0 spiro atoms. The maximum Gasteiger partial charge on any atom is 0.255 e. The fourth-order valence-corrected chi connectivity index (χ4v) is 5.40.